The molecule has 0 heterocycles. The number of sulfonamides is 1. The van der Waals surface area contributed by atoms with E-state index in [2.05, 4.69) is 5.32 Å². The molecular weight excluding hydrogens is 407 g/mol. The number of benzene rings is 3. The van der Waals surface area contributed by atoms with Crippen LogP contribution in [0.5, 0.6) is 5.75 Å². The fraction of sp³-hybridized carbons (Fsp3) is 0.136. The van der Waals surface area contributed by atoms with Crippen molar-refractivity contribution in [2.75, 3.05) is 19.0 Å². The number of carbonyl (C=O) groups excluding carboxylic acids is 1. The lowest BCUT2D eigenvalue weighted by Gasteiger charge is -2.17. The summed E-state index contributed by atoms with van der Waals surface area (Å²) in [5.74, 6) is -1.06. The lowest BCUT2D eigenvalue weighted by Crippen LogP contribution is -2.26. The van der Waals surface area contributed by atoms with Crippen molar-refractivity contribution in [2.45, 2.75) is 11.4 Å². The van der Waals surface area contributed by atoms with E-state index in [0.29, 0.717) is 5.69 Å². The number of nitrogens with zero attached hydrogens (tertiary/aromatic N) is 1. The molecule has 0 bridgehead atoms. The molecule has 8 heteroatoms. The Balaban J connectivity index is 1.59. The second kappa shape index (κ2) is 9.51. The Hall–Kier alpha value is -3.23. The van der Waals surface area contributed by atoms with Gasteiger partial charge in [-0.05, 0) is 42.0 Å². The highest BCUT2D eigenvalue weighted by Crippen LogP contribution is 2.20. The summed E-state index contributed by atoms with van der Waals surface area (Å²) in [4.78, 5) is 12.1. The Morgan fingerprint density at radius 3 is 2.27 bits per heavy atom. The van der Waals surface area contributed by atoms with Gasteiger partial charge < -0.3 is 10.1 Å². The summed E-state index contributed by atoms with van der Waals surface area (Å²) in [7, 11) is -2.17. The number of rotatable bonds is 8. The normalized spacial score (nSPS) is 11.3. The van der Waals surface area contributed by atoms with E-state index in [9.17, 15) is 17.6 Å². The number of anilines is 1. The highest BCUT2D eigenvalue weighted by Gasteiger charge is 2.21. The lowest BCUT2D eigenvalue weighted by molar-refractivity contribution is -0.118. The van der Waals surface area contributed by atoms with Crippen LogP contribution in [0.25, 0.3) is 0 Å². The molecule has 156 valence electrons. The van der Waals surface area contributed by atoms with Crippen molar-refractivity contribution in [3.05, 3.63) is 90.2 Å². The number of halogens is 1. The van der Waals surface area contributed by atoms with Gasteiger partial charge in [0.25, 0.3) is 5.91 Å². The van der Waals surface area contributed by atoms with Crippen molar-refractivity contribution in [3.8, 4) is 5.75 Å². The molecule has 0 saturated heterocycles. The number of hydrogen-bond acceptors (Lipinski definition) is 4. The molecular formula is C22H21FN2O4S. The molecule has 3 aromatic carbocycles. The summed E-state index contributed by atoms with van der Waals surface area (Å²) < 4.78 is 45.4. The molecule has 1 amide bonds. The third-order valence-electron chi connectivity index (χ3n) is 4.29. The Labute approximate surface area is 175 Å². The van der Waals surface area contributed by atoms with E-state index < -0.39 is 21.7 Å². The molecule has 0 saturated carbocycles. The first-order valence-electron chi connectivity index (χ1n) is 9.14. The van der Waals surface area contributed by atoms with E-state index in [1.807, 2.05) is 30.3 Å². The van der Waals surface area contributed by atoms with Gasteiger partial charge in [-0.25, -0.2) is 12.8 Å². The van der Waals surface area contributed by atoms with E-state index in [-0.39, 0.29) is 23.8 Å². The zero-order valence-corrected chi connectivity index (χ0v) is 17.1. The second-order valence-electron chi connectivity index (χ2n) is 6.54. The molecule has 0 aromatic heterocycles. The summed E-state index contributed by atoms with van der Waals surface area (Å²) in [6.45, 7) is -0.129. The maximum atomic E-state index is 13.5. The first-order valence-corrected chi connectivity index (χ1v) is 10.6. The topological polar surface area (TPSA) is 75.7 Å². The van der Waals surface area contributed by atoms with Crippen molar-refractivity contribution in [3.63, 3.8) is 0 Å². The molecule has 0 fully saturated rings. The molecule has 0 unspecified atom stereocenters. The number of carbonyl (C=O) groups is 1. The Kier molecular flexibility index (Phi) is 6.81. The van der Waals surface area contributed by atoms with Gasteiger partial charge in [-0.1, -0.05) is 42.5 Å². The zero-order valence-electron chi connectivity index (χ0n) is 16.3. The van der Waals surface area contributed by atoms with Crippen molar-refractivity contribution < 1.29 is 22.3 Å². The smallest absolute Gasteiger partial charge is 0.262 e. The summed E-state index contributed by atoms with van der Waals surface area (Å²) in [5.41, 5.74) is 1.28. The van der Waals surface area contributed by atoms with Crippen LogP contribution in [0.4, 0.5) is 10.1 Å². The highest BCUT2D eigenvalue weighted by atomic mass is 32.2. The van der Waals surface area contributed by atoms with Gasteiger partial charge in [0.1, 0.15) is 0 Å². The van der Waals surface area contributed by atoms with Crippen LogP contribution in [0.2, 0.25) is 0 Å². The third kappa shape index (κ3) is 5.43. The number of para-hydroxylation sites is 1. The number of amides is 1. The number of hydrogen-bond donors (Lipinski definition) is 1. The molecule has 0 radical (unpaired) electrons. The molecule has 3 rings (SSSR count). The molecule has 0 aliphatic rings. The largest absolute Gasteiger partial charge is 0.481 e. The highest BCUT2D eigenvalue weighted by molar-refractivity contribution is 7.89. The van der Waals surface area contributed by atoms with E-state index in [4.69, 9.17) is 4.74 Å². The molecule has 30 heavy (non-hydrogen) atoms. The fourth-order valence-electron chi connectivity index (χ4n) is 2.72. The summed E-state index contributed by atoms with van der Waals surface area (Å²) >= 11 is 0. The fourth-order valence-corrected chi connectivity index (χ4v) is 3.88. The first-order chi connectivity index (χ1) is 14.4. The van der Waals surface area contributed by atoms with Gasteiger partial charge in [-0.15, -0.1) is 0 Å². The Bertz CT molecular complexity index is 1100. The second-order valence-corrected chi connectivity index (χ2v) is 8.58. The number of ether oxygens (including phenoxy) is 1. The minimum Gasteiger partial charge on any atom is -0.481 e. The molecule has 0 aliphatic carbocycles. The van der Waals surface area contributed by atoms with Gasteiger partial charge in [0.05, 0.1) is 4.90 Å². The van der Waals surface area contributed by atoms with Crippen LogP contribution in [0, 0.1) is 5.82 Å². The summed E-state index contributed by atoms with van der Waals surface area (Å²) in [6, 6.07) is 20.9. The molecule has 1 N–H and O–H groups in total. The summed E-state index contributed by atoms with van der Waals surface area (Å²) in [5, 5.41) is 2.58. The Morgan fingerprint density at radius 2 is 1.60 bits per heavy atom. The van der Waals surface area contributed by atoms with Crippen LogP contribution in [0.15, 0.2) is 83.8 Å². The van der Waals surface area contributed by atoms with Gasteiger partial charge in [0.2, 0.25) is 10.0 Å². The van der Waals surface area contributed by atoms with E-state index in [1.54, 1.807) is 6.07 Å². The van der Waals surface area contributed by atoms with Crippen LogP contribution in [-0.2, 0) is 21.4 Å². The van der Waals surface area contributed by atoms with E-state index in [1.165, 1.54) is 53.8 Å². The molecule has 6 nitrogen and oxygen atoms in total. The van der Waals surface area contributed by atoms with Crippen LogP contribution in [0.1, 0.15) is 5.56 Å². The Morgan fingerprint density at radius 1 is 0.967 bits per heavy atom. The summed E-state index contributed by atoms with van der Waals surface area (Å²) in [6.07, 6.45) is 0. The van der Waals surface area contributed by atoms with Crippen LogP contribution in [-0.4, -0.2) is 32.3 Å². The van der Waals surface area contributed by atoms with Gasteiger partial charge in [-0.2, -0.15) is 4.31 Å². The third-order valence-corrected chi connectivity index (χ3v) is 6.11. The quantitative estimate of drug-likeness (QED) is 0.594. The van der Waals surface area contributed by atoms with Crippen LogP contribution in [0.3, 0.4) is 0 Å². The van der Waals surface area contributed by atoms with Gasteiger partial charge in [-0.3, -0.25) is 4.79 Å². The molecule has 0 spiro atoms. The van der Waals surface area contributed by atoms with Crippen LogP contribution < -0.4 is 10.1 Å². The van der Waals surface area contributed by atoms with Gasteiger partial charge >= 0.3 is 0 Å². The maximum Gasteiger partial charge on any atom is 0.262 e. The monoisotopic (exact) mass is 428 g/mol. The van der Waals surface area contributed by atoms with Crippen molar-refractivity contribution in [1.82, 2.24) is 4.31 Å². The van der Waals surface area contributed by atoms with Crippen molar-refractivity contribution in [1.29, 1.82) is 0 Å². The lowest BCUT2D eigenvalue weighted by atomic mass is 10.2. The molecule has 0 atom stereocenters. The zero-order chi connectivity index (χ0) is 21.6. The molecule has 3 aromatic rings. The van der Waals surface area contributed by atoms with Crippen molar-refractivity contribution >= 4 is 21.6 Å². The van der Waals surface area contributed by atoms with Crippen LogP contribution >= 0.6 is 0 Å². The van der Waals surface area contributed by atoms with Gasteiger partial charge in [0.15, 0.2) is 18.2 Å². The SMILES string of the molecule is CN(Cc1ccccc1)S(=O)(=O)c1ccc(NC(=O)COc2ccccc2F)cc1. The minimum absolute atomic E-state index is 0.0180. The average Bonchev–Trinajstić information content (AvgIpc) is 2.74. The predicted octanol–water partition coefficient (Wildman–Crippen LogP) is 3.66. The molecule has 0 aliphatic heterocycles. The van der Waals surface area contributed by atoms with E-state index >= 15 is 0 Å². The average molecular weight is 428 g/mol. The number of nitrogens with one attached hydrogen (secondary N) is 1. The van der Waals surface area contributed by atoms with E-state index in [0.717, 1.165) is 5.56 Å². The van der Waals surface area contributed by atoms with Gasteiger partial charge in [0, 0.05) is 19.3 Å². The van der Waals surface area contributed by atoms with Crippen molar-refractivity contribution in [2.24, 2.45) is 0 Å². The maximum absolute atomic E-state index is 13.5. The first kappa shape index (κ1) is 21.5. The standard InChI is InChI=1S/C22H21FN2O4S/c1-25(15-17-7-3-2-4-8-17)30(27,28)19-13-11-18(12-14-19)24-22(26)16-29-21-10-6-5-9-20(21)23/h2-14H,15-16H2,1H3,(H,24,26). The predicted molar refractivity (Wildman–Crippen MR) is 112 cm³/mol. The minimum atomic E-state index is -3.68.